The van der Waals surface area contributed by atoms with E-state index in [-0.39, 0.29) is 0 Å². The zero-order valence-corrected chi connectivity index (χ0v) is 12.5. The molecule has 0 radical (unpaired) electrons. The zero-order chi connectivity index (χ0) is 13.7. The van der Waals surface area contributed by atoms with Crippen molar-refractivity contribution < 1.29 is 0 Å². The minimum atomic E-state index is 0.746. The average Bonchev–Trinajstić information content (AvgIpc) is 2.77. The molecule has 0 atom stereocenters. The number of rotatable bonds is 6. The fraction of sp³-hybridized carbons (Fsp3) is 0.857. The summed E-state index contributed by atoms with van der Waals surface area (Å²) in [6.07, 6.45) is 4.23. The Morgan fingerprint density at radius 3 is 2.68 bits per heavy atom. The van der Waals surface area contributed by atoms with Gasteiger partial charge in [0.05, 0.1) is 6.54 Å². The maximum absolute atomic E-state index is 4.30. The molecule has 2 rings (SSSR count). The predicted octanol–water partition coefficient (Wildman–Crippen LogP) is 1.27. The maximum Gasteiger partial charge on any atom is 0.140 e. The number of nitrogens with zero attached hydrogens (tertiary/aromatic N) is 4. The molecule has 0 spiro atoms. The molecule has 1 aliphatic heterocycles. The van der Waals surface area contributed by atoms with Crippen LogP contribution in [0.5, 0.6) is 0 Å². The highest BCUT2D eigenvalue weighted by atomic mass is 15.3. The minimum Gasteiger partial charge on any atom is -0.316 e. The van der Waals surface area contributed by atoms with E-state index >= 15 is 0 Å². The van der Waals surface area contributed by atoms with E-state index in [1.165, 1.54) is 32.5 Å². The highest BCUT2D eigenvalue weighted by Crippen LogP contribution is 2.17. The molecule has 0 aromatic carbocycles. The first-order valence-electron chi connectivity index (χ1n) is 7.41. The third kappa shape index (κ3) is 4.58. The van der Waals surface area contributed by atoms with Crippen LogP contribution in [0.4, 0.5) is 0 Å². The highest BCUT2D eigenvalue weighted by molar-refractivity contribution is 4.85. The smallest absolute Gasteiger partial charge is 0.140 e. The monoisotopic (exact) mass is 265 g/mol. The number of likely N-dealkylation sites (tertiary alicyclic amines) is 1. The summed E-state index contributed by atoms with van der Waals surface area (Å²) in [5, 5.41) is 7.70. The Kier molecular flexibility index (Phi) is 5.34. The van der Waals surface area contributed by atoms with Crippen LogP contribution in [0, 0.1) is 11.8 Å². The minimum absolute atomic E-state index is 0.746. The molecule has 2 heterocycles. The largest absolute Gasteiger partial charge is 0.316 e. The van der Waals surface area contributed by atoms with Gasteiger partial charge in [-0.05, 0) is 50.9 Å². The third-order valence-electron chi connectivity index (χ3n) is 3.86. The summed E-state index contributed by atoms with van der Waals surface area (Å²) in [6.45, 7) is 10.1. The molecule has 0 bridgehead atoms. The van der Waals surface area contributed by atoms with E-state index in [1.54, 1.807) is 6.33 Å². The number of aryl methyl sites for hydroxylation is 1. The van der Waals surface area contributed by atoms with Gasteiger partial charge in [0.2, 0.25) is 0 Å². The van der Waals surface area contributed by atoms with E-state index in [9.17, 15) is 0 Å². The first-order chi connectivity index (χ1) is 9.15. The first kappa shape index (κ1) is 14.5. The third-order valence-corrected chi connectivity index (χ3v) is 3.86. The molecular weight excluding hydrogens is 238 g/mol. The second-order valence-corrected chi connectivity index (χ2v) is 6.07. The Hall–Kier alpha value is -0.940. The Balaban J connectivity index is 1.66. The van der Waals surface area contributed by atoms with Gasteiger partial charge in [0, 0.05) is 7.05 Å². The van der Waals surface area contributed by atoms with Gasteiger partial charge >= 0.3 is 0 Å². The fourth-order valence-electron chi connectivity index (χ4n) is 2.59. The quantitative estimate of drug-likeness (QED) is 0.841. The van der Waals surface area contributed by atoms with E-state index in [2.05, 4.69) is 34.1 Å². The Morgan fingerprint density at radius 2 is 2.11 bits per heavy atom. The standard InChI is InChI=1S/C14H27N5/c1-12(2)8-15-9-13-4-6-19(7-5-13)10-14-16-11-17-18(14)3/h11-13,15H,4-10H2,1-3H3. The lowest BCUT2D eigenvalue weighted by atomic mass is 9.96. The van der Waals surface area contributed by atoms with Crippen LogP contribution in [0.1, 0.15) is 32.5 Å². The van der Waals surface area contributed by atoms with Gasteiger partial charge in [-0.25, -0.2) is 4.98 Å². The molecular formula is C14H27N5. The number of piperidine rings is 1. The topological polar surface area (TPSA) is 46.0 Å². The summed E-state index contributed by atoms with van der Waals surface area (Å²) in [7, 11) is 1.96. The molecule has 1 saturated heterocycles. The Morgan fingerprint density at radius 1 is 1.37 bits per heavy atom. The molecule has 1 aromatic rings. The van der Waals surface area contributed by atoms with E-state index in [1.807, 2.05) is 11.7 Å². The van der Waals surface area contributed by atoms with Crippen molar-refractivity contribution in [3.63, 3.8) is 0 Å². The van der Waals surface area contributed by atoms with Crippen molar-refractivity contribution in [1.29, 1.82) is 0 Å². The summed E-state index contributed by atoms with van der Waals surface area (Å²) in [4.78, 5) is 6.78. The summed E-state index contributed by atoms with van der Waals surface area (Å²) in [6, 6.07) is 0. The summed E-state index contributed by atoms with van der Waals surface area (Å²) in [5.74, 6) is 2.65. The van der Waals surface area contributed by atoms with Gasteiger partial charge in [0.25, 0.3) is 0 Å². The number of hydrogen-bond acceptors (Lipinski definition) is 4. The molecule has 1 aromatic heterocycles. The van der Waals surface area contributed by atoms with E-state index < -0.39 is 0 Å². The van der Waals surface area contributed by atoms with Crippen molar-refractivity contribution in [2.45, 2.75) is 33.2 Å². The van der Waals surface area contributed by atoms with Crippen LogP contribution in [0.2, 0.25) is 0 Å². The summed E-state index contributed by atoms with van der Waals surface area (Å²) in [5.41, 5.74) is 0. The second kappa shape index (κ2) is 7.01. The van der Waals surface area contributed by atoms with Crippen molar-refractivity contribution in [2.24, 2.45) is 18.9 Å². The van der Waals surface area contributed by atoms with Crippen LogP contribution in [0.25, 0.3) is 0 Å². The van der Waals surface area contributed by atoms with E-state index in [0.717, 1.165) is 30.7 Å². The highest BCUT2D eigenvalue weighted by Gasteiger charge is 2.20. The van der Waals surface area contributed by atoms with Crippen LogP contribution in [-0.2, 0) is 13.6 Å². The first-order valence-corrected chi connectivity index (χ1v) is 7.41. The lowest BCUT2D eigenvalue weighted by Gasteiger charge is -2.31. The predicted molar refractivity (Wildman–Crippen MR) is 76.7 cm³/mol. The van der Waals surface area contributed by atoms with Crippen molar-refractivity contribution in [3.05, 3.63) is 12.2 Å². The molecule has 0 saturated carbocycles. The second-order valence-electron chi connectivity index (χ2n) is 6.07. The molecule has 1 N–H and O–H groups in total. The molecule has 0 aliphatic carbocycles. The van der Waals surface area contributed by atoms with Gasteiger partial charge < -0.3 is 5.32 Å². The lowest BCUT2D eigenvalue weighted by molar-refractivity contribution is 0.169. The molecule has 108 valence electrons. The maximum atomic E-state index is 4.30. The Labute approximate surface area is 116 Å². The summed E-state index contributed by atoms with van der Waals surface area (Å²) < 4.78 is 1.87. The van der Waals surface area contributed by atoms with Crippen LogP contribution >= 0.6 is 0 Å². The van der Waals surface area contributed by atoms with Crippen molar-refractivity contribution in [1.82, 2.24) is 25.0 Å². The summed E-state index contributed by atoms with van der Waals surface area (Å²) >= 11 is 0. The Bertz CT molecular complexity index is 366. The van der Waals surface area contributed by atoms with Gasteiger partial charge in [-0.2, -0.15) is 5.10 Å². The molecule has 1 fully saturated rings. The number of aromatic nitrogens is 3. The molecule has 1 aliphatic rings. The van der Waals surface area contributed by atoms with Crippen LogP contribution < -0.4 is 5.32 Å². The molecule has 5 nitrogen and oxygen atoms in total. The fourth-order valence-corrected chi connectivity index (χ4v) is 2.59. The normalized spacial score (nSPS) is 18.3. The molecule has 0 amide bonds. The van der Waals surface area contributed by atoms with Gasteiger partial charge in [0.1, 0.15) is 12.2 Å². The van der Waals surface area contributed by atoms with Gasteiger partial charge in [-0.1, -0.05) is 13.8 Å². The average molecular weight is 265 g/mol. The molecule has 19 heavy (non-hydrogen) atoms. The van der Waals surface area contributed by atoms with Gasteiger partial charge in [-0.15, -0.1) is 0 Å². The molecule has 0 unspecified atom stereocenters. The molecule has 5 heteroatoms. The SMILES string of the molecule is CC(C)CNCC1CCN(Cc2ncnn2C)CC1. The number of nitrogens with one attached hydrogen (secondary N) is 1. The zero-order valence-electron chi connectivity index (χ0n) is 12.5. The van der Waals surface area contributed by atoms with Crippen molar-refractivity contribution in [3.8, 4) is 0 Å². The van der Waals surface area contributed by atoms with E-state index in [4.69, 9.17) is 0 Å². The number of hydrogen-bond donors (Lipinski definition) is 1. The van der Waals surface area contributed by atoms with Crippen LogP contribution in [0.3, 0.4) is 0 Å². The lowest BCUT2D eigenvalue weighted by Crippen LogP contribution is -2.38. The van der Waals surface area contributed by atoms with Gasteiger partial charge in [-0.3, -0.25) is 9.58 Å². The van der Waals surface area contributed by atoms with Crippen LogP contribution in [0.15, 0.2) is 6.33 Å². The van der Waals surface area contributed by atoms with Crippen molar-refractivity contribution in [2.75, 3.05) is 26.2 Å². The van der Waals surface area contributed by atoms with Gasteiger partial charge in [0.15, 0.2) is 0 Å². The van der Waals surface area contributed by atoms with E-state index in [0.29, 0.717) is 0 Å². The van der Waals surface area contributed by atoms with Crippen molar-refractivity contribution >= 4 is 0 Å². The van der Waals surface area contributed by atoms with Crippen LogP contribution in [-0.4, -0.2) is 45.8 Å².